The number of benzene rings is 1. The number of aromatic nitrogens is 2. The number of fused-ring (bicyclic) bond motifs is 5. The maximum absolute atomic E-state index is 13.3. The molecule has 2 aliphatic carbocycles. The first-order valence-electron chi connectivity index (χ1n) is 10.8. The number of nitrogens with one attached hydrogen (secondary N) is 1. The SMILES string of the molecule is CCCc1nnc(NC(=O)[C@H](Cc2ccccc2)N2C(=O)[C@@H]3[C@H](C2=O)[C@H]2C=C[C@H]3C2)s1. The summed E-state index contributed by atoms with van der Waals surface area (Å²) in [6, 6.07) is 8.57. The van der Waals surface area contributed by atoms with Crippen molar-refractivity contribution in [2.75, 3.05) is 5.32 Å². The zero-order chi connectivity index (χ0) is 21.5. The molecule has 1 saturated heterocycles. The number of carbonyl (C=O) groups excluding carboxylic acids is 3. The average molecular weight is 437 g/mol. The summed E-state index contributed by atoms with van der Waals surface area (Å²) in [5, 5.41) is 12.2. The Balaban J connectivity index is 1.42. The Labute approximate surface area is 184 Å². The van der Waals surface area contributed by atoms with Crippen molar-refractivity contribution in [2.24, 2.45) is 23.7 Å². The summed E-state index contributed by atoms with van der Waals surface area (Å²) in [6.45, 7) is 2.05. The molecule has 2 fully saturated rings. The molecule has 1 aliphatic heterocycles. The number of carbonyl (C=O) groups is 3. The lowest BCUT2D eigenvalue weighted by Gasteiger charge is -2.26. The molecule has 8 heteroatoms. The van der Waals surface area contributed by atoms with Crippen LogP contribution in [0.5, 0.6) is 0 Å². The van der Waals surface area contributed by atoms with Crippen molar-refractivity contribution in [3.8, 4) is 0 Å². The van der Waals surface area contributed by atoms with Crippen molar-refractivity contribution < 1.29 is 14.4 Å². The minimum atomic E-state index is -0.911. The lowest BCUT2D eigenvalue weighted by molar-refractivity contribution is -0.147. The molecular formula is C23H24N4O3S. The molecule has 1 saturated carbocycles. The van der Waals surface area contributed by atoms with Gasteiger partial charge in [-0.3, -0.25) is 24.6 Å². The van der Waals surface area contributed by atoms with Gasteiger partial charge in [0.05, 0.1) is 11.8 Å². The minimum Gasteiger partial charge on any atom is -0.299 e. The highest BCUT2D eigenvalue weighted by Gasteiger charge is 2.61. The second-order valence-electron chi connectivity index (χ2n) is 8.49. The van der Waals surface area contributed by atoms with Crippen LogP contribution in [0.4, 0.5) is 5.13 Å². The van der Waals surface area contributed by atoms with Crippen molar-refractivity contribution in [1.82, 2.24) is 15.1 Å². The fourth-order valence-corrected chi connectivity index (χ4v) is 6.02. The predicted octanol–water partition coefficient (Wildman–Crippen LogP) is 2.85. The first-order valence-corrected chi connectivity index (χ1v) is 11.6. The summed E-state index contributed by atoms with van der Waals surface area (Å²) in [6.07, 6.45) is 6.99. The number of rotatable bonds is 7. The normalized spacial score (nSPS) is 27.1. The van der Waals surface area contributed by atoms with Crippen LogP contribution >= 0.6 is 11.3 Å². The number of allylic oxidation sites excluding steroid dienone is 2. The molecule has 0 radical (unpaired) electrons. The van der Waals surface area contributed by atoms with Crippen LogP contribution in [-0.4, -0.2) is 38.9 Å². The molecule has 0 spiro atoms. The maximum Gasteiger partial charge on any atom is 0.249 e. The Hall–Kier alpha value is -2.87. The summed E-state index contributed by atoms with van der Waals surface area (Å²) < 4.78 is 0. The van der Waals surface area contributed by atoms with Crippen molar-refractivity contribution >= 4 is 34.2 Å². The average Bonchev–Trinajstić information content (AvgIpc) is 3.53. The first kappa shape index (κ1) is 20.1. The maximum atomic E-state index is 13.3. The third-order valence-corrected chi connectivity index (χ3v) is 7.45. The van der Waals surface area contributed by atoms with Gasteiger partial charge in [-0.15, -0.1) is 10.2 Å². The number of nitrogens with zero attached hydrogens (tertiary/aromatic N) is 3. The number of likely N-dealkylation sites (tertiary alicyclic amines) is 1. The number of amides is 3. The van der Waals surface area contributed by atoms with E-state index in [4.69, 9.17) is 0 Å². The minimum absolute atomic E-state index is 0.108. The Morgan fingerprint density at radius 1 is 1.13 bits per heavy atom. The highest BCUT2D eigenvalue weighted by atomic mass is 32.1. The molecule has 160 valence electrons. The van der Waals surface area contributed by atoms with Gasteiger partial charge in [-0.05, 0) is 30.2 Å². The van der Waals surface area contributed by atoms with Crippen LogP contribution in [0.3, 0.4) is 0 Å². The van der Waals surface area contributed by atoms with Crippen LogP contribution in [-0.2, 0) is 27.2 Å². The summed E-state index contributed by atoms with van der Waals surface area (Å²) in [5.41, 5.74) is 0.894. The molecule has 0 unspecified atom stereocenters. The van der Waals surface area contributed by atoms with E-state index >= 15 is 0 Å². The van der Waals surface area contributed by atoms with Crippen LogP contribution in [0.2, 0.25) is 0 Å². The number of aryl methyl sites for hydroxylation is 1. The number of hydrogen-bond acceptors (Lipinski definition) is 6. The van der Waals surface area contributed by atoms with Crippen LogP contribution in [0, 0.1) is 23.7 Å². The summed E-state index contributed by atoms with van der Waals surface area (Å²) in [5.74, 6) is -1.27. The Kier molecular flexibility index (Phi) is 5.17. The molecule has 5 rings (SSSR count). The van der Waals surface area contributed by atoms with Gasteiger partial charge in [0.2, 0.25) is 22.9 Å². The van der Waals surface area contributed by atoms with Gasteiger partial charge in [0.15, 0.2) is 0 Å². The van der Waals surface area contributed by atoms with Gasteiger partial charge < -0.3 is 0 Å². The van der Waals surface area contributed by atoms with Gasteiger partial charge in [0.25, 0.3) is 0 Å². The summed E-state index contributed by atoms with van der Waals surface area (Å²) in [7, 11) is 0. The third-order valence-electron chi connectivity index (χ3n) is 6.55. The van der Waals surface area contributed by atoms with Gasteiger partial charge in [-0.1, -0.05) is 60.7 Å². The number of hydrogen-bond donors (Lipinski definition) is 1. The largest absolute Gasteiger partial charge is 0.299 e. The van der Waals surface area contributed by atoms with Crippen molar-refractivity contribution in [1.29, 1.82) is 0 Å². The first-order chi connectivity index (χ1) is 15.1. The zero-order valence-electron chi connectivity index (χ0n) is 17.2. The molecule has 2 heterocycles. The molecule has 2 aromatic rings. The van der Waals surface area contributed by atoms with Crippen LogP contribution in [0.1, 0.15) is 30.3 Å². The summed E-state index contributed by atoms with van der Waals surface area (Å²) in [4.78, 5) is 41.2. The van der Waals surface area contributed by atoms with Gasteiger partial charge in [0, 0.05) is 12.8 Å². The van der Waals surface area contributed by atoms with Gasteiger partial charge in [0.1, 0.15) is 11.0 Å². The molecule has 31 heavy (non-hydrogen) atoms. The van der Waals surface area contributed by atoms with Gasteiger partial charge in [-0.2, -0.15) is 0 Å². The molecule has 3 amide bonds. The van der Waals surface area contributed by atoms with E-state index in [9.17, 15) is 14.4 Å². The Morgan fingerprint density at radius 3 is 2.45 bits per heavy atom. The lowest BCUT2D eigenvalue weighted by atomic mass is 9.85. The second kappa shape index (κ2) is 8.00. The van der Waals surface area contributed by atoms with Crippen LogP contribution in [0.15, 0.2) is 42.5 Å². The second-order valence-corrected chi connectivity index (χ2v) is 9.55. The van der Waals surface area contributed by atoms with E-state index in [0.717, 1.165) is 29.8 Å². The van der Waals surface area contributed by atoms with E-state index in [1.54, 1.807) is 0 Å². The molecule has 7 nitrogen and oxygen atoms in total. The fourth-order valence-electron chi connectivity index (χ4n) is 5.18. The molecule has 1 N–H and O–H groups in total. The summed E-state index contributed by atoms with van der Waals surface area (Å²) >= 11 is 1.33. The Morgan fingerprint density at radius 2 is 1.81 bits per heavy atom. The molecule has 1 aromatic heterocycles. The molecule has 1 aromatic carbocycles. The number of imide groups is 1. The highest BCUT2D eigenvalue weighted by Crippen LogP contribution is 2.53. The number of anilines is 1. The van der Waals surface area contributed by atoms with Crippen molar-refractivity contribution in [3.63, 3.8) is 0 Å². The molecule has 5 atom stereocenters. The van der Waals surface area contributed by atoms with Gasteiger partial charge in [-0.25, -0.2) is 0 Å². The Bertz CT molecular complexity index is 1020. The topological polar surface area (TPSA) is 92.3 Å². The monoisotopic (exact) mass is 436 g/mol. The van der Waals surface area contributed by atoms with Crippen LogP contribution < -0.4 is 5.32 Å². The van der Waals surface area contributed by atoms with E-state index in [1.165, 1.54) is 16.2 Å². The fraction of sp³-hybridized carbons (Fsp3) is 0.435. The molecule has 2 bridgehead atoms. The third kappa shape index (κ3) is 3.48. The van der Waals surface area contributed by atoms with Crippen molar-refractivity contribution in [2.45, 2.75) is 38.6 Å². The molecule has 3 aliphatic rings. The predicted molar refractivity (Wildman–Crippen MR) is 116 cm³/mol. The van der Waals surface area contributed by atoms with E-state index < -0.39 is 11.9 Å². The van der Waals surface area contributed by atoms with Crippen molar-refractivity contribution in [3.05, 3.63) is 53.1 Å². The quantitative estimate of drug-likeness (QED) is 0.532. The van der Waals surface area contributed by atoms with E-state index in [1.807, 2.05) is 30.3 Å². The van der Waals surface area contributed by atoms with E-state index in [2.05, 4.69) is 34.6 Å². The van der Waals surface area contributed by atoms with E-state index in [-0.39, 0.29) is 41.9 Å². The van der Waals surface area contributed by atoms with Crippen LogP contribution in [0.25, 0.3) is 0 Å². The van der Waals surface area contributed by atoms with E-state index in [0.29, 0.717) is 5.13 Å². The lowest BCUT2D eigenvalue weighted by Crippen LogP contribution is -2.49. The van der Waals surface area contributed by atoms with Gasteiger partial charge >= 0.3 is 0 Å². The zero-order valence-corrected chi connectivity index (χ0v) is 18.0. The highest BCUT2D eigenvalue weighted by molar-refractivity contribution is 7.15. The standard InChI is InChI=1S/C23H24N4O3S/c1-2-6-17-25-26-23(31-17)24-20(28)16(11-13-7-4-3-5-8-13)27-21(29)18-14-9-10-15(12-14)19(18)22(27)30/h3-5,7-10,14-16,18-19H,2,6,11-12H2,1H3,(H,24,26,28)/t14-,15-,16-,18-,19+/m0/s1. The smallest absolute Gasteiger partial charge is 0.249 e. The molecular weight excluding hydrogens is 412 g/mol.